The molecule has 0 amide bonds. The molecule has 1 aromatic heterocycles. The second-order valence-corrected chi connectivity index (χ2v) is 7.57. The molecule has 1 heterocycles. The van der Waals surface area contributed by atoms with Crippen molar-refractivity contribution in [2.24, 2.45) is 0 Å². The van der Waals surface area contributed by atoms with Crippen molar-refractivity contribution < 1.29 is 14.6 Å². The zero-order chi connectivity index (χ0) is 22.0. The van der Waals surface area contributed by atoms with E-state index in [9.17, 15) is 14.7 Å². The van der Waals surface area contributed by atoms with Crippen LogP contribution in [0.25, 0.3) is 33.2 Å². The summed E-state index contributed by atoms with van der Waals surface area (Å²) in [5, 5.41) is 10.9. The van der Waals surface area contributed by atoms with Crippen LogP contribution < -0.4 is 5.56 Å². The molecule has 0 saturated carbocycles. The molecular weight excluding hydrogens is 414 g/mol. The lowest BCUT2D eigenvalue weighted by Gasteiger charge is -2.10. The molecule has 2 N–H and O–H groups in total. The van der Waals surface area contributed by atoms with Crippen molar-refractivity contribution in [2.75, 3.05) is 6.61 Å². The number of ether oxygens (including phenoxy) is 1. The highest BCUT2D eigenvalue weighted by Gasteiger charge is 2.12. The number of hydrogen-bond donors (Lipinski definition) is 2. The summed E-state index contributed by atoms with van der Waals surface area (Å²) in [6.45, 7) is 2.09. The van der Waals surface area contributed by atoms with Crippen LogP contribution in [-0.4, -0.2) is 22.7 Å². The number of aromatic nitrogens is 1. The molecule has 4 aromatic rings. The van der Waals surface area contributed by atoms with Crippen molar-refractivity contribution in [1.29, 1.82) is 0 Å². The molecule has 4 rings (SSSR count). The third-order valence-electron chi connectivity index (χ3n) is 5.00. The first kappa shape index (κ1) is 20.7. The first-order valence-corrected chi connectivity index (χ1v) is 10.2. The van der Waals surface area contributed by atoms with E-state index in [-0.39, 0.29) is 23.7 Å². The molecule has 3 aromatic carbocycles. The zero-order valence-electron chi connectivity index (χ0n) is 16.8. The minimum Gasteiger partial charge on any atom is -0.508 e. The van der Waals surface area contributed by atoms with E-state index in [2.05, 4.69) is 4.98 Å². The summed E-state index contributed by atoms with van der Waals surface area (Å²) in [6, 6.07) is 19.5. The van der Waals surface area contributed by atoms with Crippen molar-refractivity contribution in [2.45, 2.75) is 13.3 Å². The zero-order valence-corrected chi connectivity index (χ0v) is 17.6. The summed E-state index contributed by atoms with van der Waals surface area (Å²) in [4.78, 5) is 27.5. The topological polar surface area (TPSA) is 79.4 Å². The first-order chi connectivity index (χ1) is 14.9. The summed E-state index contributed by atoms with van der Waals surface area (Å²) in [7, 11) is 0. The minimum absolute atomic E-state index is 0.147. The number of pyridine rings is 1. The Kier molecular flexibility index (Phi) is 5.78. The van der Waals surface area contributed by atoms with E-state index in [0.29, 0.717) is 28.3 Å². The molecule has 156 valence electrons. The van der Waals surface area contributed by atoms with Crippen molar-refractivity contribution in [3.63, 3.8) is 0 Å². The fourth-order valence-corrected chi connectivity index (χ4v) is 3.81. The third kappa shape index (κ3) is 4.47. The van der Waals surface area contributed by atoms with Gasteiger partial charge in [-0.15, -0.1) is 0 Å². The number of aromatic hydroxyl groups is 1. The summed E-state index contributed by atoms with van der Waals surface area (Å²) >= 11 is 6.45. The molecule has 0 aliphatic carbocycles. The molecule has 0 saturated heterocycles. The largest absolute Gasteiger partial charge is 0.508 e. The van der Waals surface area contributed by atoms with E-state index in [1.807, 2.05) is 36.4 Å². The van der Waals surface area contributed by atoms with Crippen molar-refractivity contribution in [1.82, 2.24) is 4.98 Å². The van der Waals surface area contributed by atoms with Gasteiger partial charge in [0.05, 0.1) is 18.1 Å². The highest BCUT2D eigenvalue weighted by Crippen LogP contribution is 2.33. The molecule has 6 heteroatoms. The Morgan fingerprint density at radius 2 is 1.74 bits per heavy atom. The predicted molar refractivity (Wildman–Crippen MR) is 122 cm³/mol. The Labute approximate surface area is 183 Å². The molecule has 0 bridgehead atoms. The van der Waals surface area contributed by atoms with E-state index in [1.165, 1.54) is 0 Å². The van der Waals surface area contributed by atoms with Crippen LogP contribution in [0.4, 0.5) is 0 Å². The number of H-pyrrole nitrogens is 1. The number of carbonyl (C=O) groups is 1. The summed E-state index contributed by atoms with van der Waals surface area (Å²) in [5.41, 5.74) is 4.02. The normalized spacial score (nSPS) is 10.9. The highest BCUT2D eigenvalue weighted by molar-refractivity contribution is 6.34. The number of phenols is 1. The summed E-state index contributed by atoms with van der Waals surface area (Å²) < 4.78 is 5.01. The van der Waals surface area contributed by atoms with Crippen LogP contribution in [0.5, 0.6) is 5.75 Å². The molecular formula is C25H20ClNO4. The van der Waals surface area contributed by atoms with Gasteiger partial charge in [-0.05, 0) is 59.3 Å². The second kappa shape index (κ2) is 8.66. The van der Waals surface area contributed by atoms with Gasteiger partial charge in [0.15, 0.2) is 0 Å². The van der Waals surface area contributed by atoms with Crippen LogP contribution in [0, 0.1) is 0 Å². The maximum atomic E-state index is 12.8. The first-order valence-electron chi connectivity index (χ1n) is 9.85. The number of carbonyl (C=O) groups excluding carboxylic acids is 1. The number of phenolic OH excluding ortho intramolecular Hbond substituents is 1. The average Bonchev–Trinajstić information content (AvgIpc) is 2.74. The smallest absolute Gasteiger partial charge is 0.310 e. The molecule has 0 atom stereocenters. The predicted octanol–water partition coefficient (Wildman–Crippen LogP) is 5.33. The number of halogens is 1. The summed E-state index contributed by atoms with van der Waals surface area (Å²) in [6.07, 6.45) is 0.147. The number of esters is 1. The van der Waals surface area contributed by atoms with Gasteiger partial charge in [-0.25, -0.2) is 0 Å². The average molecular weight is 434 g/mol. The van der Waals surface area contributed by atoms with Crippen LogP contribution in [0.1, 0.15) is 12.5 Å². The Morgan fingerprint density at radius 1 is 1.00 bits per heavy atom. The Hall–Kier alpha value is -3.57. The van der Waals surface area contributed by atoms with Gasteiger partial charge in [0.1, 0.15) is 5.75 Å². The van der Waals surface area contributed by atoms with Gasteiger partial charge in [-0.2, -0.15) is 0 Å². The number of nitrogens with one attached hydrogen (secondary N) is 1. The van der Waals surface area contributed by atoms with Gasteiger partial charge < -0.3 is 14.8 Å². The minimum atomic E-state index is -0.305. The van der Waals surface area contributed by atoms with Crippen LogP contribution in [0.15, 0.2) is 71.5 Å². The van der Waals surface area contributed by atoms with Gasteiger partial charge in [0, 0.05) is 16.6 Å². The van der Waals surface area contributed by atoms with Gasteiger partial charge >= 0.3 is 5.97 Å². The quantitative estimate of drug-likeness (QED) is 0.417. The maximum absolute atomic E-state index is 12.8. The van der Waals surface area contributed by atoms with Crippen molar-refractivity contribution >= 4 is 28.5 Å². The number of benzene rings is 3. The van der Waals surface area contributed by atoms with Gasteiger partial charge in [0.2, 0.25) is 0 Å². The van der Waals surface area contributed by atoms with E-state index in [4.69, 9.17) is 16.3 Å². The van der Waals surface area contributed by atoms with Crippen molar-refractivity contribution in [3.05, 3.63) is 87.7 Å². The van der Waals surface area contributed by atoms with E-state index in [1.54, 1.807) is 37.3 Å². The molecule has 0 aliphatic heterocycles. The van der Waals surface area contributed by atoms with Crippen molar-refractivity contribution in [3.8, 4) is 28.0 Å². The van der Waals surface area contributed by atoms with E-state index >= 15 is 0 Å². The molecule has 31 heavy (non-hydrogen) atoms. The second-order valence-electron chi connectivity index (χ2n) is 7.16. The molecule has 5 nitrogen and oxygen atoms in total. The molecule has 0 aliphatic rings. The lowest BCUT2D eigenvalue weighted by molar-refractivity contribution is -0.142. The van der Waals surface area contributed by atoms with Crippen LogP contribution in [-0.2, 0) is 16.0 Å². The number of rotatable bonds is 5. The Balaban J connectivity index is 1.78. The lowest BCUT2D eigenvalue weighted by atomic mass is 9.99. The van der Waals surface area contributed by atoms with Gasteiger partial charge in [0.25, 0.3) is 5.56 Å². The monoisotopic (exact) mass is 433 g/mol. The maximum Gasteiger partial charge on any atom is 0.310 e. The van der Waals surface area contributed by atoms with Gasteiger partial charge in [-0.3, -0.25) is 9.59 Å². The number of aromatic amines is 1. The fourth-order valence-electron chi connectivity index (χ4n) is 3.53. The lowest BCUT2D eigenvalue weighted by Crippen LogP contribution is -2.10. The SMILES string of the molecule is CCOC(=O)Cc1cccc(-c2cc3cc(-c4ccc(O)cc4)c(Cl)cc3[nH]c2=O)c1. The molecule has 0 spiro atoms. The number of fused-ring (bicyclic) bond motifs is 1. The molecule has 0 unspecified atom stereocenters. The van der Waals surface area contributed by atoms with Crippen LogP contribution >= 0.6 is 11.6 Å². The molecule has 0 fully saturated rings. The molecule has 0 radical (unpaired) electrons. The number of hydrogen-bond acceptors (Lipinski definition) is 4. The summed E-state index contributed by atoms with van der Waals surface area (Å²) in [5.74, 6) is -0.129. The van der Waals surface area contributed by atoms with E-state index < -0.39 is 0 Å². The third-order valence-corrected chi connectivity index (χ3v) is 5.31. The van der Waals surface area contributed by atoms with Gasteiger partial charge in [-0.1, -0.05) is 48.0 Å². The van der Waals surface area contributed by atoms with E-state index in [0.717, 1.165) is 22.1 Å². The Bertz CT molecular complexity index is 1330. The fraction of sp³-hybridized carbons (Fsp3) is 0.120. The van der Waals surface area contributed by atoms with Crippen LogP contribution in [0.3, 0.4) is 0 Å². The van der Waals surface area contributed by atoms with Crippen LogP contribution in [0.2, 0.25) is 5.02 Å². The Morgan fingerprint density at radius 3 is 2.48 bits per heavy atom. The standard InChI is InChI=1S/C25H20ClNO4/c1-2-31-24(29)11-15-4-3-5-17(10-15)21-13-18-12-20(16-6-8-19(28)9-7-16)22(26)14-23(18)27-25(21)30/h3-10,12-14,28H,2,11H2,1H3,(H,27,30). The highest BCUT2D eigenvalue weighted by atomic mass is 35.5.